The Balaban J connectivity index is 1.56. The molecular formula is C31H38N4O6. The van der Waals surface area contributed by atoms with Crippen molar-refractivity contribution in [3.05, 3.63) is 81.0 Å². The number of rotatable bonds is 11. The first kappa shape index (κ1) is 29.8. The summed E-state index contributed by atoms with van der Waals surface area (Å²) in [5.74, 6) is -1.80. The lowest BCUT2D eigenvalue weighted by Crippen LogP contribution is -2.52. The van der Waals surface area contributed by atoms with Gasteiger partial charge in [0.05, 0.1) is 16.8 Å². The molecule has 0 spiro atoms. The van der Waals surface area contributed by atoms with Crippen molar-refractivity contribution >= 4 is 28.7 Å². The molecule has 1 aromatic heterocycles. The molecule has 4 rings (SSSR count). The van der Waals surface area contributed by atoms with Crippen molar-refractivity contribution in [1.82, 2.24) is 20.2 Å². The molecule has 2 aromatic carbocycles. The average molecular weight is 563 g/mol. The summed E-state index contributed by atoms with van der Waals surface area (Å²) in [5, 5.41) is 15.3. The van der Waals surface area contributed by atoms with E-state index in [1.54, 1.807) is 24.3 Å². The number of benzene rings is 2. The van der Waals surface area contributed by atoms with Crippen LogP contribution in [0.4, 0.5) is 0 Å². The van der Waals surface area contributed by atoms with E-state index >= 15 is 0 Å². The molecule has 1 aliphatic rings. The number of aromatic nitrogens is 2. The molecule has 2 atom stereocenters. The van der Waals surface area contributed by atoms with Crippen LogP contribution in [0.2, 0.25) is 0 Å². The van der Waals surface area contributed by atoms with Crippen LogP contribution in [0.15, 0.2) is 64.2 Å². The third-order valence-electron chi connectivity index (χ3n) is 7.82. The zero-order valence-electron chi connectivity index (χ0n) is 23.5. The van der Waals surface area contributed by atoms with Gasteiger partial charge in [0.25, 0.3) is 5.56 Å². The Morgan fingerprint density at radius 1 is 0.951 bits per heavy atom. The summed E-state index contributed by atoms with van der Waals surface area (Å²) in [6.07, 6.45) is 3.04. The molecule has 1 heterocycles. The maximum absolute atomic E-state index is 13.8. The predicted molar refractivity (Wildman–Crippen MR) is 155 cm³/mol. The Morgan fingerprint density at radius 3 is 2.27 bits per heavy atom. The summed E-state index contributed by atoms with van der Waals surface area (Å²) in [6.45, 7) is 4.28. The summed E-state index contributed by atoms with van der Waals surface area (Å²) in [6, 6.07) is 13.7. The quantitative estimate of drug-likeness (QED) is 0.282. The van der Waals surface area contributed by atoms with Crippen LogP contribution in [-0.2, 0) is 20.8 Å². The number of fused-ring (bicyclic) bond motifs is 1. The maximum Gasteiger partial charge on any atom is 0.329 e. The number of carboxylic acid groups (broad SMARTS) is 1. The van der Waals surface area contributed by atoms with Gasteiger partial charge in [0.2, 0.25) is 11.8 Å². The van der Waals surface area contributed by atoms with Crippen LogP contribution in [0.3, 0.4) is 0 Å². The molecule has 0 aliphatic heterocycles. The van der Waals surface area contributed by atoms with E-state index in [4.69, 9.17) is 0 Å². The molecular weight excluding hydrogens is 524 g/mol. The highest BCUT2D eigenvalue weighted by Crippen LogP contribution is 2.28. The molecule has 0 unspecified atom stereocenters. The molecule has 0 saturated heterocycles. The Hall–Kier alpha value is -4.21. The van der Waals surface area contributed by atoms with Gasteiger partial charge in [0.15, 0.2) is 0 Å². The van der Waals surface area contributed by atoms with Gasteiger partial charge in [-0.05, 0) is 61.6 Å². The maximum atomic E-state index is 13.8. The normalized spacial score (nSPS) is 18.5. The van der Waals surface area contributed by atoms with E-state index in [9.17, 15) is 29.1 Å². The van der Waals surface area contributed by atoms with Gasteiger partial charge in [-0.3, -0.25) is 19.2 Å². The van der Waals surface area contributed by atoms with Crippen LogP contribution in [0.5, 0.6) is 0 Å². The topological polar surface area (TPSA) is 150 Å². The van der Waals surface area contributed by atoms with E-state index in [1.165, 1.54) is 0 Å². The minimum atomic E-state index is -1.19. The second-order valence-electron chi connectivity index (χ2n) is 11.3. The predicted octanol–water partition coefficient (Wildman–Crippen LogP) is 3.01. The van der Waals surface area contributed by atoms with Crippen LogP contribution in [0, 0.1) is 17.8 Å². The number of carboxylic acids is 1. The number of nitrogens with one attached hydrogen (secondary N) is 3. The molecule has 3 aromatic rings. The van der Waals surface area contributed by atoms with Crippen LogP contribution in [0.25, 0.3) is 10.9 Å². The lowest BCUT2D eigenvalue weighted by Gasteiger charge is -2.28. The Morgan fingerprint density at radius 2 is 1.61 bits per heavy atom. The Kier molecular flexibility index (Phi) is 9.75. The third-order valence-corrected chi connectivity index (χ3v) is 7.82. The summed E-state index contributed by atoms with van der Waals surface area (Å²) < 4.78 is 0.940. The Bertz CT molecular complexity index is 1490. The fourth-order valence-corrected chi connectivity index (χ4v) is 5.55. The van der Waals surface area contributed by atoms with E-state index < -0.39 is 35.2 Å². The molecule has 1 saturated carbocycles. The fraction of sp³-hybridized carbons (Fsp3) is 0.452. The first-order valence-corrected chi connectivity index (χ1v) is 14.2. The molecule has 2 amide bonds. The zero-order valence-corrected chi connectivity index (χ0v) is 23.5. The number of aliphatic carboxylic acids is 1. The van der Waals surface area contributed by atoms with E-state index in [2.05, 4.69) is 15.6 Å². The fourth-order valence-electron chi connectivity index (χ4n) is 5.55. The number of hydrogen-bond acceptors (Lipinski definition) is 5. The van der Waals surface area contributed by atoms with Gasteiger partial charge in [-0.2, -0.15) is 0 Å². The van der Waals surface area contributed by atoms with Crippen LogP contribution in [0.1, 0.15) is 57.6 Å². The molecule has 0 radical (unpaired) electrons. The molecule has 4 N–H and O–H groups in total. The van der Waals surface area contributed by atoms with Crippen molar-refractivity contribution in [2.45, 2.75) is 64.5 Å². The number of amides is 2. The Labute approximate surface area is 238 Å². The second-order valence-corrected chi connectivity index (χ2v) is 11.3. The highest BCUT2D eigenvalue weighted by atomic mass is 16.4. The first-order chi connectivity index (χ1) is 19.6. The number of carbonyl (C=O) groups is 3. The lowest BCUT2D eigenvalue weighted by molar-refractivity contribution is -0.143. The molecule has 1 fully saturated rings. The van der Waals surface area contributed by atoms with Gasteiger partial charge in [0, 0.05) is 13.0 Å². The summed E-state index contributed by atoms with van der Waals surface area (Å²) in [5.41, 5.74) is -0.144. The number of carbonyl (C=O) groups excluding carboxylic acids is 2. The molecule has 218 valence electrons. The monoisotopic (exact) mass is 562 g/mol. The van der Waals surface area contributed by atoms with Crippen molar-refractivity contribution in [3.63, 3.8) is 0 Å². The minimum Gasteiger partial charge on any atom is -0.481 e. The number of aromatic amines is 1. The largest absolute Gasteiger partial charge is 0.481 e. The molecule has 10 nitrogen and oxygen atoms in total. The van der Waals surface area contributed by atoms with Gasteiger partial charge in [0.1, 0.15) is 12.1 Å². The van der Waals surface area contributed by atoms with Crippen molar-refractivity contribution < 1.29 is 19.5 Å². The van der Waals surface area contributed by atoms with Crippen molar-refractivity contribution in [2.24, 2.45) is 17.8 Å². The SMILES string of the molecule is CC(C)C[C@H](NC(=O)[C@@H](Cc1ccccc1)n1c(=O)[nH]c2ccccc2c1=O)C(=O)NCC1CCC(C(=O)O)CC1. The molecule has 10 heteroatoms. The van der Waals surface area contributed by atoms with Crippen molar-refractivity contribution in [3.8, 4) is 0 Å². The summed E-state index contributed by atoms with van der Waals surface area (Å²) >= 11 is 0. The molecule has 1 aliphatic carbocycles. The molecule has 41 heavy (non-hydrogen) atoms. The number of hydrogen-bond donors (Lipinski definition) is 4. The van der Waals surface area contributed by atoms with Gasteiger partial charge in [-0.25, -0.2) is 9.36 Å². The summed E-state index contributed by atoms with van der Waals surface area (Å²) in [4.78, 5) is 67.7. The number of H-pyrrole nitrogens is 1. The van der Waals surface area contributed by atoms with Gasteiger partial charge in [-0.1, -0.05) is 56.3 Å². The van der Waals surface area contributed by atoms with Gasteiger partial charge in [-0.15, -0.1) is 0 Å². The van der Waals surface area contributed by atoms with Crippen molar-refractivity contribution in [2.75, 3.05) is 6.54 Å². The van der Waals surface area contributed by atoms with Crippen molar-refractivity contribution in [1.29, 1.82) is 0 Å². The van der Waals surface area contributed by atoms with Crippen LogP contribution < -0.4 is 21.9 Å². The van der Waals surface area contributed by atoms with Gasteiger partial charge >= 0.3 is 11.7 Å². The van der Waals surface area contributed by atoms with Crippen LogP contribution >= 0.6 is 0 Å². The van der Waals surface area contributed by atoms with E-state index in [0.29, 0.717) is 44.2 Å². The first-order valence-electron chi connectivity index (χ1n) is 14.2. The smallest absolute Gasteiger partial charge is 0.329 e. The van der Waals surface area contributed by atoms with E-state index in [1.807, 2.05) is 44.2 Å². The second kappa shape index (κ2) is 13.4. The number of nitrogens with zero attached hydrogens (tertiary/aromatic N) is 1. The third kappa shape index (κ3) is 7.50. The highest BCUT2D eigenvalue weighted by molar-refractivity contribution is 5.89. The lowest BCUT2D eigenvalue weighted by atomic mass is 9.82. The molecule has 0 bridgehead atoms. The summed E-state index contributed by atoms with van der Waals surface area (Å²) in [7, 11) is 0. The van der Waals surface area contributed by atoms with E-state index in [0.717, 1.165) is 10.1 Å². The highest BCUT2D eigenvalue weighted by Gasteiger charge is 2.31. The van der Waals surface area contributed by atoms with E-state index in [-0.39, 0.29) is 35.5 Å². The zero-order chi connectivity index (χ0) is 29.5. The number of para-hydroxylation sites is 1. The minimum absolute atomic E-state index is 0.0800. The standard InChI is InChI=1S/C31H38N4O6/c1-19(2)16-25(27(36)32-18-21-12-14-22(15-13-21)30(39)40)33-28(37)26(17-20-8-4-3-5-9-20)35-29(38)23-10-6-7-11-24(23)34-31(35)41/h3-11,19,21-22,25-26H,12-18H2,1-2H3,(H,32,36)(H,33,37)(H,34,41)(H,39,40)/t21?,22?,25-,26+/m0/s1. The van der Waals surface area contributed by atoms with Crippen LogP contribution in [-0.4, -0.2) is 45.0 Å². The average Bonchev–Trinajstić information content (AvgIpc) is 2.95. The van der Waals surface area contributed by atoms with Gasteiger partial charge < -0.3 is 20.7 Å².